The van der Waals surface area contributed by atoms with Gasteiger partial charge in [0, 0.05) is 66.6 Å². The first-order valence-corrected chi connectivity index (χ1v) is 13.4. The molecule has 0 atom stereocenters. The molecule has 10 heteroatoms. The number of benzene rings is 1. The smallest absolute Gasteiger partial charge is 0.228 e. The van der Waals surface area contributed by atoms with E-state index in [-0.39, 0.29) is 5.91 Å². The van der Waals surface area contributed by atoms with Crippen LogP contribution < -0.4 is 19.9 Å². The van der Waals surface area contributed by atoms with Crippen LogP contribution in [-0.2, 0) is 9.53 Å². The van der Waals surface area contributed by atoms with E-state index in [0.717, 1.165) is 58.8 Å². The Kier molecular flexibility index (Phi) is 6.93. The highest BCUT2D eigenvalue weighted by Gasteiger charge is 2.27. The summed E-state index contributed by atoms with van der Waals surface area (Å²) in [5.41, 5.74) is 4.93. The molecular weight excluding hydrogens is 516 g/mol. The van der Waals surface area contributed by atoms with Crippen molar-refractivity contribution in [1.82, 2.24) is 15.0 Å². The molecule has 9 nitrogen and oxygen atoms in total. The van der Waals surface area contributed by atoms with E-state index in [1.165, 1.54) is 0 Å². The van der Waals surface area contributed by atoms with Crippen LogP contribution in [0.4, 0.5) is 23.0 Å². The van der Waals surface area contributed by atoms with Crippen LogP contribution in [0.3, 0.4) is 0 Å². The number of hydrogen-bond donors (Lipinski definition) is 1. The van der Waals surface area contributed by atoms with Crippen LogP contribution in [0.25, 0.3) is 22.0 Å². The van der Waals surface area contributed by atoms with Crippen LogP contribution in [0.15, 0.2) is 48.9 Å². The maximum atomic E-state index is 12.7. The van der Waals surface area contributed by atoms with Gasteiger partial charge in [0.15, 0.2) is 0 Å². The maximum absolute atomic E-state index is 12.7. The molecule has 200 valence electrons. The van der Waals surface area contributed by atoms with Gasteiger partial charge in [-0.2, -0.15) is 0 Å². The molecule has 2 saturated heterocycles. The lowest BCUT2D eigenvalue weighted by Gasteiger charge is -2.29. The normalized spacial score (nSPS) is 15.7. The summed E-state index contributed by atoms with van der Waals surface area (Å²) in [6.45, 7) is 5.48. The van der Waals surface area contributed by atoms with E-state index < -0.39 is 0 Å². The first kappa shape index (κ1) is 25.3. The number of anilines is 4. The van der Waals surface area contributed by atoms with E-state index in [1.807, 2.05) is 37.4 Å². The summed E-state index contributed by atoms with van der Waals surface area (Å²) in [5.74, 6) is 2.21. The fraction of sp³-hybridized carbons (Fsp3) is 0.310. The van der Waals surface area contributed by atoms with Gasteiger partial charge in [-0.25, -0.2) is 9.97 Å². The number of para-hydroxylation sites is 1. The lowest BCUT2D eigenvalue weighted by molar-refractivity contribution is -0.117. The van der Waals surface area contributed by atoms with Gasteiger partial charge in [0.1, 0.15) is 17.4 Å². The first-order chi connectivity index (χ1) is 19.0. The summed E-state index contributed by atoms with van der Waals surface area (Å²) < 4.78 is 11.0. The number of ether oxygens (including phenoxy) is 2. The average molecular weight is 545 g/mol. The predicted octanol–water partition coefficient (Wildman–Crippen LogP) is 5.37. The lowest BCUT2D eigenvalue weighted by atomic mass is 10.0. The zero-order valence-corrected chi connectivity index (χ0v) is 22.7. The molecule has 2 aliphatic heterocycles. The molecule has 2 aliphatic rings. The van der Waals surface area contributed by atoms with Crippen LogP contribution in [0, 0.1) is 6.92 Å². The zero-order chi connectivity index (χ0) is 26.9. The summed E-state index contributed by atoms with van der Waals surface area (Å²) in [6.07, 6.45) is 6.66. The summed E-state index contributed by atoms with van der Waals surface area (Å²) in [4.78, 5) is 30.7. The van der Waals surface area contributed by atoms with Crippen LogP contribution in [0.2, 0.25) is 5.02 Å². The minimum Gasteiger partial charge on any atom is -0.495 e. The molecule has 1 N–H and O–H groups in total. The average Bonchev–Trinajstić information content (AvgIpc) is 3.40. The van der Waals surface area contributed by atoms with Gasteiger partial charge < -0.3 is 19.7 Å². The van der Waals surface area contributed by atoms with Crippen LogP contribution >= 0.6 is 11.6 Å². The lowest BCUT2D eigenvalue weighted by Crippen LogP contribution is -2.36. The largest absolute Gasteiger partial charge is 0.495 e. The molecule has 1 amide bonds. The standard InChI is InChI=1S/C29H29ClN6O3/c1-18-27(21-5-3-6-23(30)28(21)34-29(18)36-8-4-7-26(36)37)33-24-14-25(35-9-11-39-12-10-35)32-17-22(24)19-13-20(38-2)16-31-15-19/h3,5-6,13-17H,4,7-12H2,1-2H3,(H,32,33,34). The summed E-state index contributed by atoms with van der Waals surface area (Å²) in [6, 6.07) is 9.72. The number of carbonyl (C=O) groups excluding carboxylic acids is 1. The second-order valence-corrected chi connectivity index (χ2v) is 10.1. The second-order valence-electron chi connectivity index (χ2n) is 9.65. The number of methoxy groups -OCH3 is 1. The van der Waals surface area contributed by atoms with Gasteiger partial charge >= 0.3 is 0 Å². The Hall–Kier alpha value is -3.95. The van der Waals surface area contributed by atoms with Crippen molar-refractivity contribution in [2.24, 2.45) is 0 Å². The highest BCUT2D eigenvalue weighted by Crippen LogP contribution is 2.41. The van der Waals surface area contributed by atoms with Gasteiger partial charge in [0.2, 0.25) is 5.91 Å². The minimum absolute atomic E-state index is 0.0737. The number of nitrogens with one attached hydrogen (secondary N) is 1. The van der Waals surface area contributed by atoms with Gasteiger partial charge in [-0.1, -0.05) is 23.7 Å². The van der Waals surface area contributed by atoms with Gasteiger partial charge in [-0.3, -0.25) is 14.7 Å². The van der Waals surface area contributed by atoms with Crippen LogP contribution in [0.1, 0.15) is 18.4 Å². The monoisotopic (exact) mass is 544 g/mol. The summed E-state index contributed by atoms with van der Waals surface area (Å²) >= 11 is 6.64. The molecule has 0 spiro atoms. The fourth-order valence-electron chi connectivity index (χ4n) is 5.19. The molecule has 4 aromatic rings. The first-order valence-electron chi connectivity index (χ1n) is 13.0. The maximum Gasteiger partial charge on any atom is 0.228 e. The predicted molar refractivity (Wildman–Crippen MR) is 153 cm³/mol. The number of rotatable bonds is 6. The van der Waals surface area contributed by atoms with Crippen molar-refractivity contribution in [2.75, 3.05) is 55.1 Å². The number of fused-ring (bicyclic) bond motifs is 1. The fourth-order valence-corrected chi connectivity index (χ4v) is 5.40. The topological polar surface area (TPSA) is 92.7 Å². The van der Waals surface area contributed by atoms with E-state index in [2.05, 4.69) is 21.3 Å². The SMILES string of the molecule is COc1cncc(-c2cnc(N3CCOCC3)cc2Nc2c(C)c(N3CCCC3=O)nc3c(Cl)cccc23)c1. The Labute approximate surface area is 231 Å². The zero-order valence-electron chi connectivity index (χ0n) is 21.9. The minimum atomic E-state index is 0.0737. The van der Waals surface area contributed by atoms with E-state index in [4.69, 9.17) is 31.0 Å². The van der Waals surface area contributed by atoms with E-state index in [1.54, 1.807) is 24.4 Å². The van der Waals surface area contributed by atoms with Crippen molar-refractivity contribution >= 4 is 51.4 Å². The quantitative estimate of drug-likeness (QED) is 0.346. The highest BCUT2D eigenvalue weighted by atomic mass is 35.5. The van der Waals surface area contributed by atoms with Crippen LogP contribution in [-0.4, -0.2) is 60.8 Å². The third kappa shape index (κ3) is 4.84. The molecule has 1 aromatic carbocycles. The molecule has 6 rings (SSSR count). The molecule has 0 saturated carbocycles. The summed E-state index contributed by atoms with van der Waals surface area (Å²) in [5, 5.41) is 5.10. The van der Waals surface area contributed by atoms with Crippen molar-refractivity contribution in [3.05, 3.63) is 59.5 Å². The van der Waals surface area contributed by atoms with Crippen molar-refractivity contribution in [3.63, 3.8) is 0 Å². The molecule has 0 unspecified atom stereocenters. The molecule has 5 heterocycles. The van der Waals surface area contributed by atoms with E-state index in [9.17, 15) is 4.79 Å². The van der Waals surface area contributed by atoms with E-state index >= 15 is 0 Å². The van der Waals surface area contributed by atoms with Crippen molar-refractivity contribution in [2.45, 2.75) is 19.8 Å². The van der Waals surface area contributed by atoms with Gasteiger partial charge in [-0.05, 0) is 25.5 Å². The third-order valence-corrected chi connectivity index (χ3v) is 7.56. The Morgan fingerprint density at radius 3 is 2.72 bits per heavy atom. The number of halogens is 1. The van der Waals surface area contributed by atoms with Gasteiger partial charge in [0.05, 0.1) is 48.4 Å². The Balaban J connectivity index is 1.53. The Morgan fingerprint density at radius 2 is 1.95 bits per heavy atom. The van der Waals surface area contributed by atoms with Gasteiger partial charge in [-0.15, -0.1) is 0 Å². The Bertz CT molecular complexity index is 1560. The molecule has 0 radical (unpaired) electrons. The summed E-state index contributed by atoms with van der Waals surface area (Å²) in [7, 11) is 1.62. The number of amides is 1. The number of aromatic nitrogens is 3. The molecule has 39 heavy (non-hydrogen) atoms. The number of morpholine rings is 1. The number of hydrogen-bond acceptors (Lipinski definition) is 8. The third-order valence-electron chi connectivity index (χ3n) is 7.26. The second kappa shape index (κ2) is 10.7. The van der Waals surface area contributed by atoms with E-state index in [0.29, 0.717) is 48.3 Å². The van der Waals surface area contributed by atoms with Gasteiger partial charge in [0.25, 0.3) is 0 Å². The number of nitrogens with zero attached hydrogens (tertiary/aromatic N) is 5. The Morgan fingerprint density at radius 1 is 1.10 bits per heavy atom. The molecule has 0 aliphatic carbocycles. The van der Waals surface area contributed by atoms with Crippen molar-refractivity contribution in [1.29, 1.82) is 0 Å². The number of pyridine rings is 3. The van der Waals surface area contributed by atoms with Crippen LogP contribution in [0.5, 0.6) is 5.75 Å². The van der Waals surface area contributed by atoms with Crippen molar-refractivity contribution < 1.29 is 14.3 Å². The molecule has 0 bridgehead atoms. The molecule has 2 fully saturated rings. The van der Waals surface area contributed by atoms with Crippen molar-refractivity contribution in [3.8, 4) is 16.9 Å². The molecule has 3 aromatic heterocycles. The number of carbonyl (C=O) groups is 1. The molecular formula is C29H29ClN6O3. The highest BCUT2D eigenvalue weighted by molar-refractivity contribution is 6.35.